The van der Waals surface area contributed by atoms with Crippen LogP contribution in [0.2, 0.25) is 0 Å². The van der Waals surface area contributed by atoms with Gasteiger partial charge in [0, 0.05) is 24.8 Å². The lowest BCUT2D eigenvalue weighted by Crippen LogP contribution is -2.49. The van der Waals surface area contributed by atoms with E-state index in [1.807, 2.05) is 0 Å². The highest BCUT2D eigenvalue weighted by Crippen LogP contribution is 2.30. The molecule has 1 aliphatic rings. The molecule has 1 N–H and O–H groups in total. The Kier molecular flexibility index (Phi) is 4.28. The third-order valence-electron chi connectivity index (χ3n) is 4.10. The van der Waals surface area contributed by atoms with Gasteiger partial charge in [-0.1, -0.05) is 32.9 Å². The number of nitrogens with one attached hydrogen (secondary N) is 1. The Labute approximate surface area is 111 Å². The van der Waals surface area contributed by atoms with Gasteiger partial charge in [0.2, 0.25) is 0 Å². The van der Waals surface area contributed by atoms with Gasteiger partial charge < -0.3 is 10.2 Å². The normalized spacial score (nSPS) is 17.9. The molecule has 0 radical (unpaired) electrons. The summed E-state index contributed by atoms with van der Waals surface area (Å²) >= 11 is 0. The Morgan fingerprint density at radius 3 is 2.61 bits per heavy atom. The summed E-state index contributed by atoms with van der Waals surface area (Å²) in [7, 11) is 0. The van der Waals surface area contributed by atoms with Crippen LogP contribution < -0.4 is 10.2 Å². The molecule has 0 saturated carbocycles. The molecular formula is C16H26N2. The first-order valence-electron chi connectivity index (χ1n) is 7.20. The van der Waals surface area contributed by atoms with Crippen molar-refractivity contribution in [2.75, 3.05) is 24.5 Å². The van der Waals surface area contributed by atoms with Crippen molar-refractivity contribution in [1.29, 1.82) is 0 Å². The lowest BCUT2D eigenvalue weighted by atomic mass is 9.88. The lowest BCUT2D eigenvalue weighted by molar-refractivity contribution is 0.310. The van der Waals surface area contributed by atoms with E-state index in [4.69, 9.17) is 0 Å². The highest BCUT2D eigenvalue weighted by molar-refractivity contribution is 5.51. The molecule has 1 fully saturated rings. The summed E-state index contributed by atoms with van der Waals surface area (Å²) in [5.41, 5.74) is 2.77. The van der Waals surface area contributed by atoms with Crippen LogP contribution in [-0.4, -0.2) is 19.6 Å². The second-order valence-corrected chi connectivity index (χ2v) is 5.78. The molecule has 1 aromatic carbocycles. The standard InChI is InChI=1S/C16H26N2/c1-5-17-13(4)14-7-6-8-16(9-14)18-10-15(11-18)12(2)3/h6-9,12-13,15,17H,5,10-11H2,1-4H3. The fraction of sp³-hybridized carbons (Fsp3) is 0.625. The summed E-state index contributed by atoms with van der Waals surface area (Å²) < 4.78 is 0. The van der Waals surface area contributed by atoms with E-state index < -0.39 is 0 Å². The van der Waals surface area contributed by atoms with Crippen molar-refractivity contribution in [1.82, 2.24) is 5.32 Å². The number of hydrogen-bond donors (Lipinski definition) is 1. The maximum atomic E-state index is 3.47. The van der Waals surface area contributed by atoms with Gasteiger partial charge in [0.1, 0.15) is 0 Å². The number of benzene rings is 1. The highest BCUT2D eigenvalue weighted by Gasteiger charge is 2.29. The molecular weight excluding hydrogens is 220 g/mol. The predicted octanol–water partition coefficient (Wildman–Crippen LogP) is 3.45. The Morgan fingerprint density at radius 1 is 1.28 bits per heavy atom. The molecule has 1 saturated heterocycles. The highest BCUT2D eigenvalue weighted by atomic mass is 15.2. The van der Waals surface area contributed by atoms with E-state index in [2.05, 4.69) is 62.2 Å². The maximum absolute atomic E-state index is 3.47. The zero-order valence-corrected chi connectivity index (χ0v) is 12.1. The molecule has 1 aliphatic heterocycles. The van der Waals surface area contributed by atoms with Gasteiger partial charge in [-0.15, -0.1) is 0 Å². The second kappa shape index (κ2) is 5.75. The van der Waals surface area contributed by atoms with Gasteiger partial charge in [0.25, 0.3) is 0 Å². The van der Waals surface area contributed by atoms with E-state index in [1.165, 1.54) is 24.3 Å². The molecule has 0 spiro atoms. The monoisotopic (exact) mass is 246 g/mol. The van der Waals surface area contributed by atoms with Gasteiger partial charge in [-0.25, -0.2) is 0 Å². The fourth-order valence-electron chi connectivity index (χ4n) is 2.56. The molecule has 1 heterocycles. The molecule has 0 bridgehead atoms. The van der Waals surface area contributed by atoms with Crippen molar-refractivity contribution in [2.24, 2.45) is 11.8 Å². The third-order valence-corrected chi connectivity index (χ3v) is 4.10. The van der Waals surface area contributed by atoms with Crippen LogP contribution >= 0.6 is 0 Å². The van der Waals surface area contributed by atoms with Crippen LogP contribution in [0.3, 0.4) is 0 Å². The smallest absolute Gasteiger partial charge is 0.0369 e. The van der Waals surface area contributed by atoms with Crippen LogP contribution in [-0.2, 0) is 0 Å². The molecule has 1 atom stereocenters. The average Bonchev–Trinajstić information content (AvgIpc) is 2.27. The van der Waals surface area contributed by atoms with Crippen molar-refractivity contribution in [3.05, 3.63) is 29.8 Å². The molecule has 0 aliphatic carbocycles. The van der Waals surface area contributed by atoms with Crippen LogP contribution in [0.15, 0.2) is 24.3 Å². The minimum Gasteiger partial charge on any atom is -0.371 e. The summed E-state index contributed by atoms with van der Waals surface area (Å²) in [4.78, 5) is 2.49. The number of rotatable bonds is 5. The molecule has 2 rings (SSSR count). The molecule has 2 heteroatoms. The fourth-order valence-corrected chi connectivity index (χ4v) is 2.56. The minimum atomic E-state index is 0.442. The first-order chi connectivity index (χ1) is 8.61. The topological polar surface area (TPSA) is 15.3 Å². The lowest BCUT2D eigenvalue weighted by Gasteiger charge is -2.43. The minimum absolute atomic E-state index is 0.442. The molecule has 0 amide bonds. The van der Waals surface area contributed by atoms with Crippen molar-refractivity contribution < 1.29 is 0 Å². The zero-order chi connectivity index (χ0) is 13.1. The predicted molar refractivity (Wildman–Crippen MR) is 79.1 cm³/mol. The van der Waals surface area contributed by atoms with Crippen LogP contribution in [0.1, 0.15) is 39.3 Å². The summed E-state index contributed by atoms with van der Waals surface area (Å²) in [5, 5.41) is 3.47. The number of nitrogens with zero attached hydrogens (tertiary/aromatic N) is 1. The van der Waals surface area contributed by atoms with E-state index in [1.54, 1.807) is 0 Å². The largest absolute Gasteiger partial charge is 0.371 e. The quantitative estimate of drug-likeness (QED) is 0.856. The Balaban J connectivity index is 2.00. The molecule has 1 aromatic rings. The van der Waals surface area contributed by atoms with E-state index in [-0.39, 0.29) is 0 Å². The van der Waals surface area contributed by atoms with Crippen molar-refractivity contribution in [3.8, 4) is 0 Å². The Hall–Kier alpha value is -1.02. The van der Waals surface area contributed by atoms with E-state index >= 15 is 0 Å². The van der Waals surface area contributed by atoms with Crippen molar-refractivity contribution >= 4 is 5.69 Å². The molecule has 0 aromatic heterocycles. The molecule has 100 valence electrons. The SMILES string of the molecule is CCNC(C)c1cccc(N2CC(C(C)C)C2)c1. The zero-order valence-electron chi connectivity index (χ0n) is 12.1. The first kappa shape index (κ1) is 13.4. The maximum Gasteiger partial charge on any atom is 0.0369 e. The van der Waals surface area contributed by atoms with E-state index in [9.17, 15) is 0 Å². The number of hydrogen-bond acceptors (Lipinski definition) is 2. The van der Waals surface area contributed by atoms with Crippen molar-refractivity contribution in [2.45, 2.75) is 33.7 Å². The van der Waals surface area contributed by atoms with Crippen LogP contribution in [0.25, 0.3) is 0 Å². The summed E-state index contributed by atoms with van der Waals surface area (Å²) in [6.07, 6.45) is 0. The first-order valence-corrected chi connectivity index (χ1v) is 7.20. The summed E-state index contributed by atoms with van der Waals surface area (Å²) in [6, 6.07) is 9.41. The average molecular weight is 246 g/mol. The third kappa shape index (κ3) is 2.86. The van der Waals surface area contributed by atoms with Gasteiger partial charge in [0.15, 0.2) is 0 Å². The molecule has 2 nitrogen and oxygen atoms in total. The Bertz CT molecular complexity index is 380. The van der Waals surface area contributed by atoms with Crippen LogP contribution in [0, 0.1) is 11.8 Å². The molecule has 18 heavy (non-hydrogen) atoms. The number of anilines is 1. The van der Waals surface area contributed by atoms with Gasteiger partial charge in [-0.3, -0.25) is 0 Å². The van der Waals surface area contributed by atoms with Gasteiger partial charge >= 0.3 is 0 Å². The summed E-state index contributed by atoms with van der Waals surface area (Å²) in [5.74, 6) is 1.69. The van der Waals surface area contributed by atoms with Gasteiger partial charge in [-0.2, -0.15) is 0 Å². The van der Waals surface area contributed by atoms with Crippen LogP contribution in [0.4, 0.5) is 5.69 Å². The van der Waals surface area contributed by atoms with Crippen LogP contribution in [0.5, 0.6) is 0 Å². The van der Waals surface area contributed by atoms with Crippen molar-refractivity contribution in [3.63, 3.8) is 0 Å². The Morgan fingerprint density at radius 2 is 2.00 bits per heavy atom. The van der Waals surface area contributed by atoms with E-state index in [0.29, 0.717) is 6.04 Å². The molecule has 1 unspecified atom stereocenters. The summed E-state index contributed by atoms with van der Waals surface area (Å²) in [6.45, 7) is 12.5. The second-order valence-electron chi connectivity index (χ2n) is 5.78. The van der Waals surface area contributed by atoms with E-state index in [0.717, 1.165) is 18.4 Å². The van der Waals surface area contributed by atoms with Gasteiger partial charge in [0.05, 0.1) is 0 Å². The van der Waals surface area contributed by atoms with Gasteiger partial charge in [-0.05, 0) is 43.0 Å².